The average molecular weight is 240 g/mol. The summed E-state index contributed by atoms with van der Waals surface area (Å²) in [5, 5.41) is 8.62. The second kappa shape index (κ2) is 8.32. The summed E-state index contributed by atoms with van der Waals surface area (Å²) in [6.07, 6.45) is 10.6. The third-order valence-electron chi connectivity index (χ3n) is 3.10. The molecule has 17 heavy (non-hydrogen) atoms. The molecule has 2 nitrogen and oxygen atoms in total. The van der Waals surface area contributed by atoms with Crippen molar-refractivity contribution in [2.45, 2.75) is 66.2 Å². The number of rotatable bonds is 9. The van der Waals surface area contributed by atoms with Crippen LogP contribution in [0.25, 0.3) is 0 Å². The third-order valence-corrected chi connectivity index (χ3v) is 3.10. The van der Waals surface area contributed by atoms with Gasteiger partial charge in [0.05, 0.1) is 0 Å². The molecule has 0 heterocycles. The van der Waals surface area contributed by atoms with Gasteiger partial charge in [-0.2, -0.15) is 0 Å². The van der Waals surface area contributed by atoms with Gasteiger partial charge in [0, 0.05) is 6.08 Å². The van der Waals surface area contributed by atoms with Crippen LogP contribution in [-0.2, 0) is 4.79 Å². The quantitative estimate of drug-likeness (QED) is 0.470. The van der Waals surface area contributed by atoms with Crippen LogP contribution < -0.4 is 0 Å². The average Bonchev–Trinajstić information content (AvgIpc) is 2.21. The summed E-state index contributed by atoms with van der Waals surface area (Å²) in [6.45, 7) is 8.70. The first-order valence-corrected chi connectivity index (χ1v) is 6.79. The molecular weight excluding hydrogens is 212 g/mol. The molecule has 0 amide bonds. The molecule has 1 N–H and O–H groups in total. The fraction of sp³-hybridized carbons (Fsp3) is 0.800. The number of hydrogen-bond donors (Lipinski definition) is 1. The highest BCUT2D eigenvalue weighted by molar-refractivity contribution is 5.79. The van der Waals surface area contributed by atoms with Gasteiger partial charge in [0.25, 0.3) is 0 Å². The van der Waals surface area contributed by atoms with Crippen molar-refractivity contribution in [3.8, 4) is 0 Å². The van der Waals surface area contributed by atoms with E-state index >= 15 is 0 Å². The van der Waals surface area contributed by atoms with E-state index in [-0.39, 0.29) is 5.41 Å². The maximum atomic E-state index is 10.5. The molecule has 0 saturated carbocycles. The van der Waals surface area contributed by atoms with E-state index in [0.717, 1.165) is 6.42 Å². The summed E-state index contributed by atoms with van der Waals surface area (Å²) in [7, 11) is 0. The molecule has 0 aromatic heterocycles. The van der Waals surface area contributed by atoms with E-state index in [2.05, 4.69) is 27.7 Å². The lowest BCUT2D eigenvalue weighted by Gasteiger charge is -2.24. The van der Waals surface area contributed by atoms with Gasteiger partial charge < -0.3 is 5.11 Å². The molecule has 0 aliphatic heterocycles. The number of unbranched alkanes of at least 4 members (excludes halogenated alkanes) is 3. The molecule has 0 rings (SSSR count). The standard InChI is InChI=1S/C15H28O2/c1-5-6-7-8-9-13(2)12-15(3,4)11-10-14(16)17/h10-11,13H,5-9,12H2,1-4H3,(H,16,17)/b11-10+. The number of carbonyl (C=O) groups is 1. The lowest BCUT2D eigenvalue weighted by Crippen LogP contribution is -2.13. The van der Waals surface area contributed by atoms with Crippen molar-refractivity contribution in [2.75, 3.05) is 0 Å². The Kier molecular flexibility index (Phi) is 7.94. The van der Waals surface area contributed by atoms with E-state index in [1.165, 1.54) is 38.2 Å². The Morgan fingerprint density at radius 1 is 1.29 bits per heavy atom. The highest BCUT2D eigenvalue weighted by Crippen LogP contribution is 2.29. The molecule has 0 aromatic rings. The molecule has 0 aliphatic carbocycles. The number of hydrogen-bond acceptors (Lipinski definition) is 1. The summed E-state index contributed by atoms with van der Waals surface area (Å²) < 4.78 is 0. The molecule has 100 valence electrons. The Labute approximate surface area is 106 Å². The Hall–Kier alpha value is -0.790. The Balaban J connectivity index is 3.91. The second-order valence-corrected chi connectivity index (χ2v) is 5.82. The smallest absolute Gasteiger partial charge is 0.327 e. The maximum absolute atomic E-state index is 10.5. The largest absolute Gasteiger partial charge is 0.478 e. The molecule has 0 saturated heterocycles. The van der Waals surface area contributed by atoms with Gasteiger partial charge in [0.15, 0.2) is 0 Å². The van der Waals surface area contributed by atoms with Crippen LogP contribution >= 0.6 is 0 Å². The molecule has 0 bridgehead atoms. The van der Waals surface area contributed by atoms with E-state index in [1.54, 1.807) is 0 Å². The number of carboxylic acid groups (broad SMARTS) is 1. The Morgan fingerprint density at radius 3 is 2.47 bits per heavy atom. The lowest BCUT2D eigenvalue weighted by atomic mass is 9.81. The summed E-state index contributed by atoms with van der Waals surface area (Å²) >= 11 is 0. The monoisotopic (exact) mass is 240 g/mol. The lowest BCUT2D eigenvalue weighted by molar-refractivity contribution is -0.131. The van der Waals surface area contributed by atoms with Gasteiger partial charge in [0.2, 0.25) is 0 Å². The minimum atomic E-state index is -0.853. The van der Waals surface area contributed by atoms with Crippen LogP contribution in [0.15, 0.2) is 12.2 Å². The third kappa shape index (κ3) is 10.1. The Bertz CT molecular complexity index is 241. The zero-order valence-corrected chi connectivity index (χ0v) is 11.8. The molecule has 2 heteroatoms. The molecule has 0 radical (unpaired) electrons. The molecule has 0 spiro atoms. The van der Waals surface area contributed by atoms with Crippen LogP contribution in [0.3, 0.4) is 0 Å². The fourth-order valence-electron chi connectivity index (χ4n) is 2.28. The van der Waals surface area contributed by atoms with Gasteiger partial charge >= 0.3 is 5.97 Å². The molecule has 1 unspecified atom stereocenters. The van der Waals surface area contributed by atoms with Crippen molar-refractivity contribution in [2.24, 2.45) is 11.3 Å². The first-order chi connectivity index (χ1) is 7.87. The SMILES string of the molecule is CCCCCCC(C)CC(C)(C)/C=C/C(=O)O. The first kappa shape index (κ1) is 16.2. The van der Waals surface area contributed by atoms with Crippen LogP contribution in [0.4, 0.5) is 0 Å². The normalized spacial score (nSPS) is 14.1. The second-order valence-electron chi connectivity index (χ2n) is 5.82. The summed E-state index contributed by atoms with van der Waals surface area (Å²) in [5.41, 5.74) is -0.0113. The first-order valence-electron chi connectivity index (χ1n) is 6.79. The zero-order valence-electron chi connectivity index (χ0n) is 11.8. The predicted octanol–water partition coefficient (Wildman–Crippen LogP) is 4.65. The van der Waals surface area contributed by atoms with Crippen molar-refractivity contribution in [1.29, 1.82) is 0 Å². The predicted molar refractivity (Wildman–Crippen MR) is 73.1 cm³/mol. The summed E-state index contributed by atoms with van der Waals surface area (Å²) in [6, 6.07) is 0. The van der Waals surface area contributed by atoms with E-state index < -0.39 is 5.97 Å². The Morgan fingerprint density at radius 2 is 1.94 bits per heavy atom. The number of aliphatic carboxylic acids is 1. The van der Waals surface area contributed by atoms with Crippen molar-refractivity contribution >= 4 is 5.97 Å². The molecule has 0 fully saturated rings. The van der Waals surface area contributed by atoms with Crippen LogP contribution in [0, 0.1) is 11.3 Å². The van der Waals surface area contributed by atoms with Gasteiger partial charge in [-0.25, -0.2) is 4.79 Å². The van der Waals surface area contributed by atoms with Crippen molar-refractivity contribution < 1.29 is 9.90 Å². The van der Waals surface area contributed by atoms with Crippen LogP contribution in [0.2, 0.25) is 0 Å². The summed E-state index contributed by atoms with van der Waals surface area (Å²) in [5.74, 6) is -0.186. The van der Waals surface area contributed by atoms with Gasteiger partial charge in [-0.15, -0.1) is 0 Å². The number of carboxylic acids is 1. The highest BCUT2D eigenvalue weighted by atomic mass is 16.4. The maximum Gasteiger partial charge on any atom is 0.327 e. The van der Waals surface area contributed by atoms with Crippen LogP contribution in [0.5, 0.6) is 0 Å². The van der Waals surface area contributed by atoms with Crippen LogP contribution in [-0.4, -0.2) is 11.1 Å². The van der Waals surface area contributed by atoms with Gasteiger partial charge in [-0.05, 0) is 17.8 Å². The van der Waals surface area contributed by atoms with E-state index in [4.69, 9.17) is 5.11 Å². The highest BCUT2D eigenvalue weighted by Gasteiger charge is 2.18. The van der Waals surface area contributed by atoms with E-state index in [9.17, 15) is 4.79 Å². The molecule has 0 aromatic carbocycles. The van der Waals surface area contributed by atoms with Gasteiger partial charge in [-0.3, -0.25) is 0 Å². The minimum absolute atomic E-state index is 0.0113. The number of allylic oxidation sites excluding steroid dienone is 1. The molecular formula is C15H28O2. The minimum Gasteiger partial charge on any atom is -0.478 e. The topological polar surface area (TPSA) is 37.3 Å². The van der Waals surface area contributed by atoms with Crippen molar-refractivity contribution in [1.82, 2.24) is 0 Å². The summed E-state index contributed by atoms with van der Waals surface area (Å²) in [4.78, 5) is 10.5. The van der Waals surface area contributed by atoms with Crippen molar-refractivity contribution in [3.05, 3.63) is 12.2 Å². The van der Waals surface area contributed by atoms with E-state index in [0.29, 0.717) is 5.92 Å². The van der Waals surface area contributed by atoms with Gasteiger partial charge in [0.1, 0.15) is 0 Å². The molecule has 1 atom stereocenters. The van der Waals surface area contributed by atoms with E-state index in [1.807, 2.05) is 6.08 Å². The van der Waals surface area contributed by atoms with Crippen molar-refractivity contribution in [3.63, 3.8) is 0 Å². The van der Waals surface area contributed by atoms with Gasteiger partial charge in [-0.1, -0.05) is 65.9 Å². The fourth-order valence-corrected chi connectivity index (χ4v) is 2.28. The zero-order chi connectivity index (χ0) is 13.3. The molecule has 0 aliphatic rings. The van der Waals surface area contributed by atoms with Crippen LogP contribution in [0.1, 0.15) is 66.2 Å².